The predicted octanol–water partition coefficient (Wildman–Crippen LogP) is 3.08. The predicted molar refractivity (Wildman–Crippen MR) is 115 cm³/mol. The Morgan fingerprint density at radius 2 is 1.90 bits per heavy atom. The van der Waals surface area contributed by atoms with Crippen molar-refractivity contribution in [3.63, 3.8) is 0 Å². The monoisotopic (exact) mass is 445 g/mol. The molecule has 0 fully saturated rings. The van der Waals surface area contributed by atoms with Gasteiger partial charge in [0.2, 0.25) is 5.91 Å². The normalized spacial score (nSPS) is 10.6. The Labute approximate surface area is 183 Å². The molecule has 0 unspecified atom stereocenters. The number of aromatic nitrogens is 2. The molecule has 7 nitrogen and oxygen atoms in total. The summed E-state index contributed by atoms with van der Waals surface area (Å²) < 4.78 is 25.6. The standard InChI is InChI=1S/C22H21ClFN3O4/c1-30-19-8-6-14(12-20(19)31-2)18-7-9-22(29)27(26-18)11-10-25-21(28)13-15-16(23)4-3-5-17(15)24/h3-9,12H,10-11,13H2,1-2H3,(H,25,28). The van der Waals surface area contributed by atoms with Crippen LogP contribution in [0.1, 0.15) is 5.56 Å². The number of hydrogen-bond donors (Lipinski definition) is 1. The summed E-state index contributed by atoms with van der Waals surface area (Å²) >= 11 is 5.95. The third-order valence-corrected chi connectivity index (χ3v) is 4.94. The first-order valence-corrected chi connectivity index (χ1v) is 9.81. The molecule has 1 amide bonds. The molecule has 162 valence electrons. The van der Waals surface area contributed by atoms with Crippen LogP contribution in [0.15, 0.2) is 53.3 Å². The lowest BCUT2D eigenvalue weighted by Crippen LogP contribution is -2.32. The quantitative estimate of drug-likeness (QED) is 0.576. The van der Waals surface area contributed by atoms with Crippen LogP contribution in [0.25, 0.3) is 11.3 Å². The van der Waals surface area contributed by atoms with Gasteiger partial charge in [0, 0.05) is 28.8 Å². The highest BCUT2D eigenvalue weighted by Crippen LogP contribution is 2.31. The highest BCUT2D eigenvalue weighted by atomic mass is 35.5. The Morgan fingerprint density at radius 3 is 2.61 bits per heavy atom. The molecule has 0 atom stereocenters. The maximum Gasteiger partial charge on any atom is 0.266 e. The van der Waals surface area contributed by atoms with Gasteiger partial charge in [0.1, 0.15) is 5.82 Å². The molecule has 0 aliphatic heterocycles. The fraction of sp³-hybridized carbons (Fsp3) is 0.227. The first-order valence-electron chi connectivity index (χ1n) is 9.43. The lowest BCUT2D eigenvalue weighted by atomic mass is 10.1. The summed E-state index contributed by atoms with van der Waals surface area (Å²) in [6, 6.07) is 12.6. The lowest BCUT2D eigenvalue weighted by molar-refractivity contribution is -0.120. The molecule has 1 heterocycles. The Kier molecular flexibility index (Phi) is 7.25. The molecular weight excluding hydrogens is 425 g/mol. The largest absolute Gasteiger partial charge is 0.493 e. The minimum atomic E-state index is -0.539. The second kappa shape index (κ2) is 10.1. The minimum Gasteiger partial charge on any atom is -0.493 e. The molecule has 3 rings (SSSR count). The van der Waals surface area contributed by atoms with E-state index in [9.17, 15) is 14.0 Å². The average Bonchev–Trinajstić information content (AvgIpc) is 2.77. The van der Waals surface area contributed by atoms with E-state index in [1.807, 2.05) is 0 Å². The van der Waals surface area contributed by atoms with Crippen LogP contribution in [-0.4, -0.2) is 36.5 Å². The zero-order valence-electron chi connectivity index (χ0n) is 17.0. The van der Waals surface area contributed by atoms with E-state index in [0.29, 0.717) is 17.2 Å². The number of amides is 1. The summed E-state index contributed by atoms with van der Waals surface area (Å²) in [6.07, 6.45) is -0.195. The van der Waals surface area contributed by atoms with Gasteiger partial charge in [-0.15, -0.1) is 0 Å². The number of rotatable bonds is 8. The summed E-state index contributed by atoms with van der Waals surface area (Å²) in [6.45, 7) is 0.296. The van der Waals surface area contributed by atoms with Gasteiger partial charge in [-0.2, -0.15) is 5.10 Å². The number of halogens is 2. The zero-order valence-corrected chi connectivity index (χ0v) is 17.8. The van der Waals surface area contributed by atoms with Crippen molar-refractivity contribution in [2.75, 3.05) is 20.8 Å². The molecule has 0 aliphatic rings. The summed E-state index contributed by atoms with van der Waals surface area (Å²) in [5.41, 5.74) is 1.12. The van der Waals surface area contributed by atoms with Gasteiger partial charge in [-0.25, -0.2) is 9.07 Å². The van der Waals surface area contributed by atoms with E-state index < -0.39 is 11.7 Å². The van der Waals surface area contributed by atoms with Gasteiger partial charge in [0.05, 0.1) is 32.9 Å². The topological polar surface area (TPSA) is 82.5 Å². The Bertz CT molecular complexity index is 1130. The molecule has 0 saturated carbocycles. The lowest BCUT2D eigenvalue weighted by Gasteiger charge is -2.11. The van der Waals surface area contributed by atoms with Crippen molar-refractivity contribution >= 4 is 17.5 Å². The van der Waals surface area contributed by atoms with Crippen molar-refractivity contribution < 1.29 is 18.7 Å². The third-order valence-electron chi connectivity index (χ3n) is 4.59. The molecule has 0 bridgehead atoms. The van der Waals surface area contributed by atoms with Crippen LogP contribution in [-0.2, 0) is 17.8 Å². The molecule has 1 aromatic heterocycles. The van der Waals surface area contributed by atoms with E-state index in [4.69, 9.17) is 21.1 Å². The number of nitrogens with one attached hydrogen (secondary N) is 1. The molecule has 0 saturated heterocycles. The maximum atomic E-state index is 13.8. The van der Waals surface area contributed by atoms with Gasteiger partial charge in [-0.1, -0.05) is 17.7 Å². The number of hydrogen-bond acceptors (Lipinski definition) is 5. The van der Waals surface area contributed by atoms with Gasteiger partial charge in [0.15, 0.2) is 11.5 Å². The maximum absolute atomic E-state index is 13.8. The van der Waals surface area contributed by atoms with Crippen molar-refractivity contribution in [3.05, 3.63) is 75.3 Å². The van der Waals surface area contributed by atoms with E-state index in [-0.39, 0.29) is 35.7 Å². The van der Waals surface area contributed by atoms with Gasteiger partial charge >= 0.3 is 0 Å². The van der Waals surface area contributed by atoms with Crippen molar-refractivity contribution in [3.8, 4) is 22.8 Å². The number of benzene rings is 2. The van der Waals surface area contributed by atoms with Crippen LogP contribution < -0.4 is 20.3 Å². The Morgan fingerprint density at radius 1 is 1.13 bits per heavy atom. The van der Waals surface area contributed by atoms with Crippen LogP contribution in [0.4, 0.5) is 4.39 Å². The summed E-state index contributed by atoms with van der Waals surface area (Å²) in [4.78, 5) is 24.3. The van der Waals surface area contributed by atoms with Gasteiger partial charge in [-0.3, -0.25) is 9.59 Å². The molecule has 31 heavy (non-hydrogen) atoms. The summed E-state index contributed by atoms with van der Waals surface area (Å²) in [5.74, 6) is 0.176. The first kappa shape index (κ1) is 22.3. The number of carbonyl (C=O) groups excluding carboxylic acids is 1. The highest BCUT2D eigenvalue weighted by molar-refractivity contribution is 6.31. The second-order valence-electron chi connectivity index (χ2n) is 6.58. The van der Waals surface area contributed by atoms with Crippen LogP contribution in [0.2, 0.25) is 5.02 Å². The molecule has 9 heteroatoms. The fourth-order valence-electron chi connectivity index (χ4n) is 2.98. The molecule has 3 aromatic rings. The number of carbonyl (C=O) groups is 1. The van der Waals surface area contributed by atoms with Crippen LogP contribution in [0.5, 0.6) is 11.5 Å². The molecule has 0 spiro atoms. The van der Waals surface area contributed by atoms with Gasteiger partial charge in [0.25, 0.3) is 5.56 Å². The first-order chi connectivity index (χ1) is 14.9. The van der Waals surface area contributed by atoms with E-state index in [2.05, 4.69) is 10.4 Å². The summed E-state index contributed by atoms with van der Waals surface area (Å²) in [7, 11) is 3.08. The average molecular weight is 446 g/mol. The fourth-order valence-corrected chi connectivity index (χ4v) is 3.21. The van der Waals surface area contributed by atoms with E-state index in [0.717, 1.165) is 5.56 Å². The third kappa shape index (κ3) is 5.40. The number of methoxy groups -OCH3 is 2. The molecule has 0 radical (unpaired) electrons. The van der Waals surface area contributed by atoms with E-state index >= 15 is 0 Å². The van der Waals surface area contributed by atoms with Crippen molar-refractivity contribution in [2.24, 2.45) is 0 Å². The SMILES string of the molecule is COc1ccc(-c2ccc(=O)n(CCNC(=O)Cc3c(F)cccc3Cl)n2)cc1OC. The Hall–Kier alpha value is -3.39. The molecule has 0 aliphatic carbocycles. The van der Waals surface area contributed by atoms with Crippen LogP contribution in [0, 0.1) is 5.82 Å². The highest BCUT2D eigenvalue weighted by Gasteiger charge is 2.12. The second-order valence-corrected chi connectivity index (χ2v) is 6.98. The minimum absolute atomic E-state index is 0.132. The van der Waals surface area contributed by atoms with Crippen molar-refractivity contribution in [1.82, 2.24) is 15.1 Å². The molecule has 1 N–H and O–H groups in total. The van der Waals surface area contributed by atoms with E-state index in [1.54, 1.807) is 31.4 Å². The van der Waals surface area contributed by atoms with Crippen LogP contribution >= 0.6 is 11.6 Å². The van der Waals surface area contributed by atoms with Crippen molar-refractivity contribution in [1.29, 1.82) is 0 Å². The molecular formula is C22H21ClFN3O4. The molecule has 2 aromatic carbocycles. The van der Waals surface area contributed by atoms with Crippen LogP contribution in [0.3, 0.4) is 0 Å². The number of nitrogens with zero attached hydrogens (tertiary/aromatic N) is 2. The summed E-state index contributed by atoms with van der Waals surface area (Å²) in [5, 5.41) is 7.20. The van der Waals surface area contributed by atoms with Gasteiger partial charge < -0.3 is 14.8 Å². The van der Waals surface area contributed by atoms with Gasteiger partial charge in [-0.05, 0) is 36.4 Å². The van der Waals surface area contributed by atoms with E-state index in [1.165, 1.54) is 36.1 Å². The number of ether oxygens (including phenoxy) is 2. The Balaban J connectivity index is 1.67. The smallest absolute Gasteiger partial charge is 0.266 e. The zero-order chi connectivity index (χ0) is 22.4. The van der Waals surface area contributed by atoms with Crippen molar-refractivity contribution in [2.45, 2.75) is 13.0 Å².